The minimum absolute atomic E-state index is 0.114. The smallest absolute Gasteiger partial charge is 0.395 e. The predicted molar refractivity (Wildman–Crippen MR) is 154 cm³/mol. The Morgan fingerprint density at radius 2 is 2.05 bits per heavy atom. The Morgan fingerprint density at radius 1 is 1.33 bits per heavy atom. The first-order chi connectivity index (χ1) is 19.8. The molecule has 0 radical (unpaired) electrons. The third-order valence-corrected chi connectivity index (χ3v) is 9.76. The minimum Gasteiger partial charge on any atom is -0.395 e. The van der Waals surface area contributed by atoms with Crippen LogP contribution in [-0.4, -0.2) is 105 Å². The Hall–Kier alpha value is -2.40. The van der Waals surface area contributed by atoms with E-state index >= 15 is 0 Å². The number of amides is 1. The summed E-state index contributed by atoms with van der Waals surface area (Å²) in [7, 11) is -4.03. The first kappa shape index (κ1) is 32.5. The van der Waals surface area contributed by atoms with Crippen molar-refractivity contribution in [2.24, 2.45) is 21.1 Å². The molecule has 1 aromatic rings. The van der Waals surface area contributed by atoms with E-state index in [2.05, 4.69) is 20.4 Å². The number of carbonyl (C=O) groups is 2. The summed E-state index contributed by atoms with van der Waals surface area (Å²) in [5.41, 5.74) is 3.71. The quantitative estimate of drug-likeness (QED) is 0.120. The Labute approximate surface area is 247 Å². The molecule has 232 valence electrons. The highest BCUT2D eigenvalue weighted by Crippen LogP contribution is 2.46. The fourth-order valence-corrected chi connectivity index (χ4v) is 6.65. The molecule has 1 aromatic carbocycles. The highest BCUT2D eigenvalue weighted by atomic mass is 32.2. The van der Waals surface area contributed by atoms with Crippen LogP contribution in [0.3, 0.4) is 0 Å². The van der Waals surface area contributed by atoms with Gasteiger partial charge in [-0.15, -0.1) is 0 Å². The molecule has 3 aliphatic heterocycles. The van der Waals surface area contributed by atoms with Crippen molar-refractivity contribution in [3.8, 4) is 0 Å². The second kappa shape index (κ2) is 13.1. The molecule has 42 heavy (non-hydrogen) atoms. The summed E-state index contributed by atoms with van der Waals surface area (Å²) in [4.78, 5) is 34.3. The van der Waals surface area contributed by atoms with Crippen LogP contribution in [0.1, 0.15) is 26.3 Å². The molecule has 0 spiro atoms. The van der Waals surface area contributed by atoms with Gasteiger partial charge in [0.15, 0.2) is 29.5 Å². The van der Waals surface area contributed by atoms with E-state index in [4.69, 9.17) is 19.5 Å². The number of nitrogens with zero attached hydrogens (tertiary/aromatic N) is 3. The van der Waals surface area contributed by atoms with Gasteiger partial charge in [0.1, 0.15) is 17.8 Å². The molecule has 0 aromatic heterocycles. The van der Waals surface area contributed by atoms with Gasteiger partial charge in [0.2, 0.25) is 0 Å². The molecule has 1 saturated heterocycles. The normalized spacial score (nSPS) is 30.5. The zero-order valence-electron chi connectivity index (χ0n) is 23.5. The number of nitrogens with two attached hydrogens (primary N) is 1. The lowest BCUT2D eigenvalue weighted by Crippen LogP contribution is -2.59. The van der Waals surface area contributed by atoms with E-state index in [0.29, 0.717) is 0 Å². The molecule has 15 nitrogen and oxygen atoms in total. The van der Waals surface area contributed by atoms with Crippen LogP contribution in [-0.2, 0) is 34.5 Å². The summed E-state index contributed by atoms with van der Waals surface area (Å²) in [6, 6.07) is 8.21. The van der Waals surface area contributed by atoms with E-state index < -0.39 is 61.9 Å². The third-order valence-electron chi connectivity index (χ3n) is 7.02. The van der Waals surface area contributed by atoms with Crippen molar-refractivity contribution in [2.45, 2.75) is 63.6 Å². The number of benzene rings is 1. The Balaban J connectivity index is 1.41. The van der Waals surface area contributed by atoms with Gasteiger partial charge in [-0.2, -0.15) is 0 Å². The van der Waals surface area contributed by atoms with E-state index in [1.165, 1.54) is 18.2 Å². The van der Waals surface area contributed by atoms with Gasteiger partial charge >= 0.3 is 7.75 Å². The average molecular weight is 629 g/mol. The molecule has 4 rings (SSSR count). The number of ether oxygens (including phenoxy) is 1. The number of hydrogen-bond acceptors (Lipinski definition) is 14. The maximum Gasteiger partial charge on any atom is 0.405 e. The number of guanidine groups is 1. The number of thioether (sulfide) groups is 1. The van der Waals surface area contributed by atoms with Crippen LogP contribution in [0.15, 0.2) is 40.3 Å². The van der Waals surface area contributed by atoms with Gasteiger partial charge in [0, 0.05) is 12.3 Å². The number of aliphatic hydroxyl groups excluding tert-OH is 2. The molecule has 3 unspecified atom stereocenters. The van der Waals surface area contributed by atoms with Gasteiger partial charge in [-0.1, -0.05) is 42.1 Å². The van der Waals surface area contributed by atoms with E-state index in [9.17, 15) is 29.5 Å². The Morgan fingerprint density at radius 3 is 2.74 bits per heavy atom. The Kier molecular flexibility index (Phi) is 10.1. The molecular weight excluding hydrogens is 591 g/mol. The minimum atomic E-state index is -4.03. The number of carbonyl (C=O) groups excluding carboxylic acids is 2. The van der Waals surface area contributed by atoms with Gasteiger partial charge < -0.3 is 30.7 Å². The number of rotatable bonds is 13. The zero-order chi connectivity index (χ0) is 30.7. The largest absolute Gasteiger partial charge is 0.405 e. The van der Waals surface area contributed by atoms with Gasteiger partial charge in [-0.25, -0.2) is 14.6 Å². The fourth-order valence-electron chi connectivity index (χ4n) is 4.41. The van der Waals surface area contributed by atoms with Crippen molar-refractivity contribution in [2.75, 3.05) is 25.6 Å². The zero-order valence-corrected chi connectivity index (χ0v) is 25.2. The second-order valence-electron chi connectivity index (χ2n) is 10.9. The third kappa shape index (κ3) is 7.21. The second-order valence-corrected chi connectivity index (χ2v) is 13.8. The van der Waals surface area contributed by atoms with Crippen molar-refractivity contribution < 1.29 is 43.3 Å². The molecule has 7 N–H and O–H groups in total. The van der Waals surface area contributed by atoms with E-state index in [-0.39, 0.29) is 36.6 Å². The van der Waals surface area contributed by atoms with Gasteiger partial charge in [-0.3, -0.25) is 28.9 Å². The van der Waals surface area contributed by atoms with Crippen molar-refractivity contribution in [1.82, 2.24) is 15.3 Å². The molecular formula is C25H37N6O9PS. The first-order valence-electron chi connectivity index (χ1n) is 13.2. The summed E-state index contributed by atoms with van der Waals surface area (Å²) < 4.78 is 30.9. The highest BCUT2D eigenvalue weighted by Gasteiger charge is 2.58. The highest BCUT2D eigenvalue weighted by molar-refractivity contribution is 8.13. The van der Waals surface area contributed by atoms with Crippen LogP contribution in [0.25, 0.3) is 0 Å². The van der Waals surface area contributed by atoms with Crippen LogP contribution in [0, 0.1) is 5.41 Å². The maximum absolute atomic E-state index is 13.7. The van der Waals surface area contributed by atoms with Gasteiger partial charge in [0.05, 0.1) is 31.6 Å². The monoisotopic (exact) mass is 628 g/mol. The van der Waals surface area contributed by atoms with E-state index in [1.807, 2.05) is 30.3 Å². The van der Waals surface area contributed by atoms with Crippen LogP contribution in [0.5, 0.6) is 0 Å². The molecule has 3 heterocycles. The lowest BCUT2D eigenvalue weighted by atomic mass is 9.95. The summed E-state index contributed by atoms with van der Waals surface area (Å²) in [5, 5.41) is 36.5. The van der Waals surface area contributed by atoms with Crippen LogP contribution in [0.2, 0.25) is 0 Å². The summed E-state index contributed by atoms with van der Waals surface area (Å²) >= 11 is 0.938. The van der Waals surface area contributed by atoms with Crippen molar-refractivity contribution in [3.05, 3.63) is 35.9 Å². The predicted octanol–water partition coefficient (Wildman–Crippen LogP) is -0.484. The van der Waals surface area contributed by atoms with Crippen LogP contribution >= 0.6 is 19.5 Å². The first-order valence-corrected chi connectivity index (χ1v) is 15.8. The van der Waals surface area contributed by atoms with Crippen molar-refractivity contribution in [3.63, 3.8) is 0 Å². The molecule has 1 amide bonds. The average Bonchev–Trinajstić information content (AvgIpc) is 3.47. The molecule has 0 aliphatic carbocycles. The van der Waals surface area contributed by atoms with Crippen molar-refractivity contribution >= 4 is 42.8 Å². The fraction of sp³-hybridized carbons (Fsp3) is 0.600. The number of aliphatic hydroxyl groups is 3. The SMILES string of the molecule is CC(C)(CO)C(=O)SCCOP(=O)(NCc1ccccc1)OC[C@H]1O[C@@H](N2C=NC3C(=O)NC(N)=NC32)[C@](C)(O)[C@@H]1O. The lowest BCUT2D eigenvalue weighted by Gasteiger charge is -2.36. The number of fused-ring (bicyclic) bond motifs is 1. The van der Waals surface area contributed by atoms with E-state index in [1.54, 1.807) is 13.8 Å². The van der Waals surface area contributed by atoms with Crippen LogP contribution in [0.4, 0.5) is 0 Å². The van der Waals surface area contributed by atoms with Crippen LogP contribution < -0.4 is 16.1 Å². The topological polar surface area (TPSA) is 218 Å². The summed E-state index contributed by atoms with van der Waals surface area (Å²) in [5.74, 6) is -0.431. The molecule has 17 heteroatoms. The number of hydrogen-bond donors (Lipinski definition) is 6. The molecule has 3 aliphatic rings. The van der Waals surface area contributed by atoms with Gasteiger partial charge in [-0.05, 0) is 26.3 Å². The molecule has 0 bridgehead atoms. The molecule has 7 atom stereocenters. The summed E-state index contributed by atoms with van der Waals surface area (Å²) in [6.07, 6.45) is -3.44. The number of nitrogens with one attached hydrogen (secondary N) is 2. The van der Waals surface area contributed by atoms with Gasteiger partial charge in [0.25, 0.3) is 5.91 Å². The molecule has 1 fully saturated rings. The standard InChI is InChI=1S/C25H37N6O9PS/c1-24(2,13-32)22(35)42-10-9-38-41(37,28-11-15-7-5-4-6-8-15)39-12-16-18(33)25(3,36)21(40-16)31-14-27-17-19(31)29-23(26)30-20(17)34/h4-8,14,16-19,21,32-33,36H,9-13H2,1-3H3,(H,28,37)(H3,26,29,30,34)/t16-,17?,18-,19?,21-,25-,41?/m1/s1. The number of aliphatic imine (C=N–C) groups is 2. The molecule has 0 saturated carbocycles. The lowest BCUT2D eigenvalue weighted by molar-refractivity contribution is -0.130. The summed E-state index contributed by atoms with van der Waals surface area (Å²) in [6.45, 7) is 3.84. The van der Waals surface area contributed by atoms with E-state index in [0.717, 1.165) is 17.3 Å². The maximum atomic E-state index is 13.7. The Bertz CT molecular complexity index is 1250. The van der Waals surface area contributed by atoms with Crippen molar-refractivity contribution in [1.29, 1.82) is 0 Å².